The number of hydrogen-bond donors (Lipinski definition) is 1. The lowest BCUT2D eigenvalue weighted by Gasteiger charge is -2.16. The van der Waals surface area contributed by atoms with Crippen molar-refractivity contribution >= 4 is 12.1 Å². The Kier molecular flexibility index (Phi) is 3.82. The van der Waals surface area contributed by atoms with Crippen LogP contribution in [0.2, 0.25) is 0 Å². The second-order valence-corrected chi connectivity index (χ2v) is 4.09. The van der Waals surface area contributed by atoms with Crippen LogP contribution in [0.25, 0.3) is 0 Å². The first kappa shape index (κ1) is 12.4. The van der Waals surface area contributed by atoms with Gasteiger partial charge in [-0.1, -0.05) is 30.3 Å². The molecule has 2 unspecified atom stereocenters. The molecule has 1 aliphatic heterocycles. The Hall–Kier alpha value is -2.04. The number of rotatable bonds is 4. The third-order valence-corrected chi connectivity index (χ3v) is 2.92. The Morgan fingerprint density at radius 1 is 1.39 bits per heavy atom. The number of esters is 1. The van der Waals surface area contributed by atoms with Crippen LogP contribution in [0.15, 0.2) is 30.3 Å². The fourth-order valence-corrected chi connectivity index (χ4v) is 2.01. The lowest BCUT2D eigenvalue weighted by atomic mass is 9.99. The first-order valence-electron chi connectivity index (χ1n) is 5.79. The van der Waals surface area contributed by atoms with Crippen LogP contribution in [-0.4, -0.2) is 25.3 Å². The van der Waals surface area contributed by atoms with Gasteiger partial charge < -0.3 is 14.8 Å². The summed E-state index contributed by atoms with van der Waals surface area (Å²) in [6.07, 6.45) is -0.0949. The van der Waals surface area contributed by atoms with Crippen molar-refractivity contribution in [2.45, 2.75) is 25.0 Å². The number of nitrogens with one attached hydrogen (secondary N) is 1. The molecule has 5 heteroatoms. The molecule has 1 aromatic rings. The standard InChI is InChI=1S/C13H15NO4/c1-17-11(15)8-7-10-12(14-13(16)18-10)9-5-3-2-4-6-9/h2-6,10,12H,7-8H2,1H3,(H,14,16). The third-order valence-electron chi connectivity index (χ3n) is 2.92. The topological polar surface area (TPSA) is 64.6 Å². The lowest BCUT2D eigenvalue weighted by Crippen LogP contribution is -2.23. The van der Waals surface area contributed by atoms with Crippen LogP contribution < -0.4 is 5.32 Å². The molecule has 0 aliphatic carbocycles. The van der Waals surface area contributed by atoms with Crippen molar-refractivity contribution in [3.05, 3.63) is 35.9 Å². The monoisotopic (exact) mass is 249 g/mol. The highest BCUT2D eigenvalue weighted by molar-refractivity contribution is 5.71. The molecule has 1 saturated heterocycles. The number of carbonyl (C=O) groups is 2. The van der Waals surface area contributed by atoms with Crippen LogP contribution in [0, 0.1) is 0 Å². The number of carbonyl (C=O) groups excluding carboxylic acids is 2. The molecule has 1 N–H and O–H groups in total. The van der Waals surface area contributed by atoms with E-state index in [0.717, 1.165) is 5.56 Å². The quantitative estimate of drug-likeness (QED) is 0.826. The van der Waals surface area contributed by atoms with Gasteiger partial charge in [-0.25, -0.2) is 4.79 Å². The van der Waals surface area contributed by atoms with Crippen LogP contribution in [0.5, 0.6) is 0 Å². The maximum atomic E-state index is 11.3. The van der Waals surface area contributed by atoms with Crippen LogP contribution in [-0.2, 0) is 14.3 Å². The molecule has 0 radical (unpaired) electrons. The number of benzene rings is 1. The van der Waals surface area contributed by atoms with Crippen LogP contribution in [0.3, 0.4) is 0 Å². The fourth-order valence-electron chi connectivity index (χ4n) is 2.01. The van der Waals surface area contributed by atoms with Gasteiger partial charge in [-0.3, -0.25) is 4.79 Å². The van der Waals surface area contributed by atoms with E-state index < -0.39 is 6.09 Å². The van der Waals surface area contributed by atoms with E-state index >= 15 is 0 Å². The average Bonchev–Trinajstić information content (AvgIpc) is 2.78. The van der Waals surface area contributed by atoms with E-state index in [4.69, 9.17) is 4.74 Å². The smallest absolute Gasteiger partial charge is 0.408 e. The Morgan fingerprint density at radius 3 is 2.78 bits per heavy atom. The minimum Gasteiger partial charge on any atom is -0.469 e. The zero-order valence-corrected chi connectivity index (χ0v) is 10.1. The minimum absolute atomic E-state index is 0.205. The van der Waals surface area contributed by atoms with Crippen molar-refractivity contribution < 1.29 is 19.1 Å². The van der Waals surface area contributed by atoms with E-state index in [0.29, 0.717) is 6.42 Å². The zero-order valence-electron chi connectivity index (χ0n) is 10.1. The highest BCUT2D eigenvalue weighted by Crippen LogP contribution is 2.27. The van der Waals surface area contributed by atoms with Crippen molar-refractivity contribution in [2.75, 3.05) is 7.11 Å². The van der Waals surface area contributed by atoms with Crippen LogP contribution in [0.1, 0.15) is 24.4 Å². The number of ether oxygens (including phenoxy) is 2. The van der Waals surface area contributed by atoms with Gasteiger partial charge in [0, 0.05) is 6.42 Å². The number of amides is 1. The normalized spacial score (nSPS) is 22.2. The molecule has 1 fully saturated rings. The zero-order chi connectivity index (χ0) is 13.0. The number of cyclic esters (lactones) is 1. The Bertz CT molecular complexity index is 432. The highest BCUT2D eigenvalue weighted by atomic mass is 16.6. The van der Waals surface area contributed by atoms with Crippen LogP contribution in [0.4, 0.5) is 4.79 Å². The summed E-state index contributed by atoms with van der Waals surface area (Å²) in [6.45, 7) is 0. The van der Waals surface area contributed by atoms with E-state index in [2.05, 4.69) is 10.1 Å². The molecule has 1 aromatic carbocycles. The van der Waals surface area contributed by atoms with E-state index in [1.54, 1.807) is 0 Å². The summed E-state index contributed by atoms with van der Waals surface area (Å²) in [5.41, 5.74) is 0.971. The largest absolute Gasteiger partial charge is 0.469 e. The molecule has 0 saturated carbocycles. The van der Waals surface area contributed by atoms with Crippen molar-refractivity contribution in [2.24, 2.45) is 0 Å². The Balaban J connectivity index is 2.04. The third kappa shape index (κ3) is 2.80. The molecule has 1 aliphatic rings. The molecule has 0 spiro atoms. The van der Waals surface area contributed by atoms with E-state index in [1.807, 2.05) is 30.3 Å². The SMILES string of the molecule is COC(=O)CCC1OC(=O)NC1c1ccccc1. The van der Waals surface area contributed by atoms with E-state index in [-0.39, 0.29) is 24.5 Å². The number of methoxy groups -OCH3 is 1. The van der Waals surface area contributed by atoms with Gasteiger partial charge in [-0.05, 0) is 12.0 Å². The summed E-state index contributed by atoms with van der Waals surface area (Å²) in [7, 11) is 1.34. The van der Waals surface area contributed by atoms with Gasteiger partial charge in [0.25, 0.3) is 0 Å². The summed E-state index contributed by atoms with van der Waals surface area (Å²) in [5, 5.41) is 2.75. The molecule has 0 aromatic heterocycles. The predicted molar refractivity (Wildman–Crippen MR) is 63.8 cm³/mol. The summed E-state index contributed by atoms with van der Waals surface area (Å²) in [5.74, 6) is -0.301. The van der Waals surface area contributed by atoms with Gasteiger partial charge in [-0.15, -0.1) is 0 Å². The summed E-state index contributed by atoms with van der Waals surface area (Å²) >= 11 is 0. The van der Waals surface area contributed by atoms with Gasteiger partial charge in [0.1, 0.15) is 6.10 Å². The molecular weight excluding hydrogens is 234 g/mol. The van der Waals surface area contributed by atoms with Gasteiger partial charge in [0.2, 0.25) is 0 Å². The Morgan fingerprint density at radius 2 is 2.11 bits per heavy atom. The Labute approximate surface area is 105 Å². The predicted octanol–water partition coefficient (Wildman–Crippen LogP) is 1.79. The van der Waals surface area contributed by atoms with Crippen molar-refractivity contribution in [3.63, 3.8) is 0 Å². The summed E-state index contributed by atoms with van der Waals surface area (Å²) in [6, 6.07) is 9.34. The van der Waals surface area contributed by atoms with Crippen molar-refractivity contribution in [1.29, 1.82) is 0 Å². The molecule has 2 rings (SSSR count). The second-order valence-electron chi connectivity index (χ2n) is 4.09. The number of alkyl carbamates (subject to hydrolysis) is 1. The van der Waals surface area contributed by atoms with Gasteiger partial charge in [-0.2, -0.15) is 0 Å². The second kappa shape index (κ2) is 5.53. The summed E-state index contributed by atoms with van der Waals surface area (Å²) < 4.78 is 9.74. The molecule has 1 heterocycles. The number of hydrogen-bond acceptors (Lipinski definition) is 4. The fraction of sp³-hybridized carbons (Fsp3) is 0.385. The van der Waals surface area contributed by atoms with E-state index in [1.165, 1.54) is 7.11 Å². The maximum Gasteiger partial charge on any atom is 0.408 e. The molecule has 1 amide bonds. The first-order chi connectivity index (χ1) is 8.70. The van der Waals surface area contributed by atoms with Gasteiger partial charge in [0.05, 0.1) is 13.2 Å². The van der Waals surface area contributed by atoms with Crippen LogP contribution >= 0.6 is 0 Å². The molecule has 5 nitrogen and oxygen atoms in total. The summed E-state index contributed by atoms with van der Waals surface area (Å²) in [4.78, 5) is 22.4. The van der Waals surface area contributed by atoms with E-state index in [9.17, 15) is 9.59 Å². The average molecular weight is 249 g/mol. The highest BCUT2D eigenvalue weighted by Gasteiger charge is 2.35. The van der Waals surface area contributed by atoms with Crippen molar-refractivity contribution in [1.82, 2.24) is 5.32 Å². The van der Waals surface area contributed by atoms with Gasteiger partial charge in [0.15, 0.2) is 0 Å². The first-order valence-corrected chi connectivity index (χ1v) is 5.79. The molecule has 0 bridgehead atoms. The van der Waals surface area contributed by atoms with Crippen molar-refractivity contribution in [3.8, 4) is 0 Å². The minimum atomic E-state index is -0.446. The molecule has 2 atom stereocenters. The molecular formula is C13H15NO4. The molecule has 96 valence electrons. The van der Waals surface area contributed by atoms with Gasteiger partial charge >= 0.3 is 12.1 Å². The lowest BCUT2D eigenvalue weighted by molar-refractivity contribution is -0.141. The maximum absolute atomic E-state index is 11.3. The molecule has 18 heavy (non-hydrogen) atoms.